The maximum Gasteiger partial charge on any atom is 0.586 e. The highest BCUT2D eigenvalue weighted by Gasteiger charge is 2.53. The van der Waals surface area contributed by atoms with E-state index in [1.807, 2.05) is 36.4 Å². The third-order valence-electron chi connectivity index (χ3n) is 7.21. The number of aryl methyl sites for hydroxylation is 2. The molecule has 0 saturated heterocycles. The Morgan fingerprint density at radius 2 is 1.73 bits per heavy atom. The summed E-state index contributed by atoms with van der Waals surface area (Å²) in [7, 11) is -4.06. The van der Waals surface area contributed by atoms with Gasteiger partial charge in [-0.2, -0.15) is 0 Å². The zero-order chi connectivity index (χ0) is 29.2. The number of hydrogen-bond acceptors (Lipinski definition) is 8. The number of aromatic nitrogens is 3. The van der Waals surface area contributed by atoms with Gasteiger partial charge < -0.3 is 23.6 Å². The second-order valence-corrected chi connectivity index (χ2v) is 12.2. The predicted octanol–water partition coefficient (Wildman–Crippen LogP) is 5.24. The predicted molar refractivity (Wildman–Crippen MR) is 146 cm³/mol. The topological polar surface area (TPSA) is 117 Å². The smallest absolute Gasteiger partial charge is 0.441 e. The van der Waals surface area contributed by atoms with Crippen LogP contribution < -0.4 is 9.47 Å². The highest BCUT2D eigenvalue weighted by atomic mass is 32.2. The molecule has 1 atom stereocenters. The van der Waals surface area contributed by atoms with Crippen molar-refractivity contribution in [2.75, 3.05) is 6.26 Å². The molecule has 1 unspecified atom stereocenters. The molecule has 0 saturated carbocycles. The lowest BCUT2D eigenvalue weighted by molar-refractivity contribution is -0.286. The number of halogens is 2. The Bertz CT molecular complexity index is 1840. The van der Waals surface area contributed by atoms with Gasteiger partial charge in [0.1, 0.15) is 11.5 Å². The molecule has 0 amide bonds. The zero-order valence-electron chi connectivity index (χ0n) is 22.3. The van der Waals surface area contributed by atoms with Crippen LogP contribution in [0.15, 0.2) is 71.3 Å². The first-order chi connectivity index (χ1) is 19.4. The Balaban J connectivity index is 1.62. The normalized spacial score (nSPS) is 19.7. The number of ether oxygens (including phenoxy) is 2. The maximum atomic E-state index is 14.1. The average molecular weight is 582 g/mol. The number of imidazole rings is 1. The molecule has 4 aromatic rings. The van der Waals surface area contributed by atoms with Crippen LogP contribution in [-0.4, -0.2) is 40.6 Å². The zero-order valence-corrected chi connectivity index (χ0v) is 23.1. The maximum absolute atomic E-state index is 14.1. The molecule has 1 aliphatic heterocycles. The van der Waals surface area contributed by atoms with Crippen molar-refractivity contribution in [2.45, 2.75) is 37.9 Å². The van der Waals surface area contributed by atoms with E-state index in [0.29, 0.717) is 17.2 Å². The summed E-state index contributed by atoms with van der Waals surface area (Å²) in [6.07, 6.45) is 2.42. The standard InChI is InChI=1S/C29H25F2N3O6S/c1-17-32-22(16-35)15-34(17)25-12-10-21(19-7-5-4-6-8-19)14-28(25,41(3,36)37)27-26(38-18(2)33-27)20-9-11-23-24(13-20)40-29(30,31)39-23/h4-13,15,35H,14,16H2,1-3H3. The van der Waals surface area contributed by atoms with Crippen LogP contribution in [0, 0.1) is 13.8 Å². The summed E-state index contributed by atoms with van der Waals surface area (Å²) in [4.78, 5) is 8.99. The van der Waals surface area contributed by atoms with Crippen molar-refractivity contribution in [3.05, 3.63) is 95.5 Å². The van der Waals surface area contributed by atoms with E-state index < -0.39 is 20.9 Å². The largest absolute Gasteiger partial charge is 0.586 e. The molecule has 41 heavy (non-hydrogen) atoms. The van der Waals surface area contributed by atoms with Crippen molar-refractivity contribution >= 4 is 21.1 Å². The first kappa shape index (κ1) is 26.9. The van der Waals surface area contributed by atoms with Gasteiger partial charge in [0.25, 0.3) is 0 Å². The Hall–Kier alpha value is -4.29. The van der Waals surface area contributed by atoms with Gasteiger partial charge >= 0.3 is 6.29 Å². The quantitative estimate of drug-likeness (QED) is 0.329. The molecule has 2 aromatic carbocycles. The van der Waals surface area contributed by atoms with E-state index in [1.54, 1.807) is 30.7 Å². The minimum atomic E-state index is -4.06. The number of benzene rings is 2. The second-order valence-electron chi connectivity index (χ2n) is 9.93. The van der Waals surface area contributed by atoms with E-state index in [9.17, 15) is 22.3 Å². The summed E-state index contributed by atoms with van der Waals surface area (Å²) in [5, 5.41) is 9.75. The van der Waals surface area contributed by atoms with E-state index in [2.05, 4.69) is 19.4 Å². The number of nitrogens with zero attached hydrogens (tertiary/aromatic N) is 3. The first-order valence-electron chi connectivity index (χ1n) is 12.6. The molecule has 1 aliphatic carbocycles. The fourth-order valence-electron chi connectivity index (χ4n) is 5.40. The van der Waals surface area contributed by atoms with Crippen molar-refractivity contribution in [2.24, 2.45) is 0 Å². The Morgan fingerprint density at radius 1 is 1.00 bits per heavy atom. The number of fused-ring (bicyclic) bond motifs is 1. The summed E-state index contributed by atoms with van der Waals surface area (Å²) in [5.74, 6) is 0.331. The summed E-state index contributed by atoms with van der Waals surface area (Å²) < 4.78 is 70.8. The molecular formula is C29H25F2N3O6S. The molecule has 0 radical (unpaired) electrons. The first-order valence-corrected chi connectivity index (χ1v) is 14.5. The Morgan fingerprint density at radius 3 is 2.41 bits per heavy atom. The highest BCUT2D eigenvalue weighted by molar-refractivity contribution is 7.92. The SMILES string of the molecule is Cc1nc(C2(S(C)(=O)=O)CC(c3ccccc3)=CC=C2n2cc(CO)nc2C)c(-c2ccc3c(c2)OC(F)(F)O3)o1. The minimum absolute atomic E-state index is 0.0185. The van der Waals surface area contributed by atoms with Crippen LogP contribution >= 0.6 is 0 Å². The van der Waals surface area contributed by atoms with Gasteiger partial charge in [-0.3, -0.25) is 0 Å². The van der Waals surface area contributed by atoms with E-state index >= 15 is 0 Å². The number of aliphatic hydroxyl groups is 1. The fourth-order valence-corrected chi connectivity index (χ4v) is 6.85. The summed E-state index contributed by atoms with van der Waals surface area (Å²) in [6, 6.07) is 13.5. The third-order valence-corrected chi connectivity index (χ3v) is 9.02. The molecule has 212 valence electrons. The lowest BCUT2D eigenvalue weighted by atomic mass is 9.83. The second kappa shape index (κ2) is 9.38. The minimum Gasteiger partial charge on any atom is -0.441 e. The van der Waals surface area contributed by atoms with Gasteiger partial charge in [-0.05, 0) is 42.3 Å². The van der Waals surface area contributed by atoms with E-state index in [-0.39, 0.29) is 47.4 Å². The highest BCUT2D eigenvalue weighted by Crippen LogP contribution is 2.53. The molecule has 2 aromatic heterocycles. The van der Waals surface area contributed by atoms with Crippen molar-refractivity contribution in [1.82, 2.24) is 14.5 Å². The molecule has 1 N–H and O–H groups in total. The van der Waals surface area contributed by atoms with Gasteiger partial charge in [0, 0.05) is 31.4 Å². The number of hydrogen-bond donors (Lipinski definition) is 1. The molecule has 0 bridgehead atoms. The van der Waals surface area contributed by atoms with Gasteiger partial charge in [-0.1, -0.05) is 36.4 Å². The molecule has 2 aliphatic rings. The van der Waals surface area contributed by atoms with E-state index in [1.165, 1.54) is 18.2 Å². The van der Waals surface area contributed by atoms with Crippen molar-refractivity contribution in [1.29, 1.82) is 0 Å². The van der Waals surface area contributed by atoms with Gasteiger partial charge in [-0.25, -0.2) is 18.4 Å². The molecule has 0 spiro atoms. The van der Waals surface area contributed by atoms with Crippen LogP contribution in [-0.2, 0) is 21.2 Å². The van der Waals surface area contributed by atoms with Gasteiger partial charge in [0.05, 0.1) is 18.0 Å². The van der Waals surface area contributed by atoms with Crippen molar-refractivity contribution in [3.8, 4) is 22.8 Å². The van der Waals surface area contributed by atoms with Crippen molar-refractivity contribution in [3.63, 3.8) is 0 Å². The average Bonchev–Trinajstić information content (AvgIpc) is 3.60. The molecule has 0 fully saturated rings. The summed E-state index contributed by atoms with van der Waals surface area (Å²) >= 11 is 0. The third kappa shape index (κ3) is 4.43. The van der Waals surface area contributed by atoms with Gasteiger partial charge in [-0.15, -0.1) is 8.78 Å². The number of allylic oxidation sites excluding steroid dienone is 3. The van der Waals surface area contributed by atoms with Crippen LogP contribution in [0.25, 0.3) is 22.6 Å². The number of sulfone groups is 1. The van der Waals surface area contributed by atoms with Crippen LogP contribution in [0.5, 0.6) is 11.5 Å². The van der Waals surface area contributed by atoms with Crippen LogP contribution in [0.4, 0.5) is 8.78 Å². The summed E-state index contributed by atoms with van der Waals surface area (Å²) in [6.45, 7) is 2.95. The van der Waals surface area contributed by atoms with E-state index in [0.717, 1.165) is 17.4 Å². The van der Waals surface area contributed by atoms with Gasteiger partial charge in [0.2, 0.25) is 0 Å². The van der Waals surface area contributed by atoms with Crippen LogP contribution in [0.3, 0.4) is 0 Å². The molecule has 9 nitrogen and oxygen atoms in total. The molecule has 3 heterocycles. The Kier molecular flexibility index (Phi) is 6.16. The van der Waals surface area contributed by atoms with E-state index in [4.69, 9.17) is 4.42 Å². The molecular weight excluding hydrogens is 556 g/mol. The molecule has 12 heteroatoms. The number of rotatable bonds is 6. The van der Waals surface area contributed by atoms with Crippen molar-refractivity contribution < 1.29 is 36.2 Å². The van der Waals surface area contributed by atoms with Crippen LogP contribution in [0.1, 0.15) is 35.1 Å². The lowest BCUT2D eigenvalue weighted by Crippen LogP contribution is -2.41. The fraction of sp³-hybridized carbons (Fsp3) is 0.241. The molecule has 6 rings (SSSR count). The summed E-state index contributed by atoms with van der Waals surface area (Å²) in [5.41, 5.74) is 2.59. The Labute approximate surface area is 234 Å². The van der Waals surface area contributed by atoms with Gasteiger partial charge in [0.15, 0.2) is 37.7 Å². The lowest BCUT2D eigenvalue weighted by Gasteiger charge is -2.37. The monoisotopic (exact) mass is 581 g/mol. The van der Waals surface area contributed by atoms with Crippen LogP contribution in [0.2, 0.25) is 0 Å². The number of alkyl halides is 2. The number of aliphatic hydroxyl groups excluding tert-OH is 1. The number of oxazole rings is 1.